The Morgan fingerprint density at radius 1 is 1.00 bits per heavy atom. The Labute approximate surface area is 124 Å². The van der Waals surface area contributed by atoms with Crippen molar-refractivity contribution in [2.75, 3.05) is 13.1 Å². The van der Waals surface area contributed by atoms with Crippen LogP contribution in [0.4, 0.5) is 0 Å². The summed E-state index contributed by atoms with van der Waals surface area (Å²) >= 11 is 0. The Kier molecular flexibility index (Phi) is 5.62. The molecule has 0 aliphatic carbocycles. The van der Waals surface area contributed by atoms with Crippen molar-refractivity contribution in [1.82, 2.24) is 4.90 Å². The van der Waals surface area contributed by atoms with Crippen LogP contribution in [-0.2, 0) is 4.74 Å². The second-order valence-electron chi connectivity index (χ2n) is 6.54. The van der Waals surface area contributed by atoms with Crippen LogP contribution in [-0.4, -0.2) is 30.1 Å². The summed E-state index contributed by atoms with van der Waals surface area (Å²) in [6.45, 7) is 11.4. The third-order valence-electron chi connectivity index (χ3n) is 4.28. The molecule has 1 saturated heterocycles. The molecule has 1 aliphatic rings. The van der Waals surface area contributed by atoms with Crippen LogP contribution >= 0.6 is 0 Å². The summed E-state index contributed by atoms with van der Waals surface area (Å²) in [5.41, 5.74) is 1.31. The number of nitrogens with zero attached hydrogens (tertiary/aromatic N) is 1. The summed E-state index contributed by atoms with van der Waals surface area (Å²) in [5, 5.41) is 0. The molecular weight excluding hydrogens is 246 g/mol. The quantitative estimate of drug-likeness (QED) is 0.795. The van der Waals surface area contributed by atoms with Crippen molar-refractivity contribution in [3.63, 3.8) is 0 Å². The number of hydrogen-bond donors (Lipinski definition) is 0. The van der Waals surface area contributed by atoms with Gasteiger partial charge in [-0.05, 0) is 38.2 Å². The zero-order valence-electron chi connectivity index (χ0n) is 13.4. The molecule has 0 aromatic heterocycles. The molecule has 1 aromatic rings. The Morgan fingerprint density at radius 2 is 1.60 bits per heavy atom. The fourth-order valence-electron chi connectivity index (χ4n) is 3.00. The number of benzene rings is 1. The van der Waals surface area contributed by atoms with Gasteiger partial charge in [0, 0.05) is 19.1 Å². The molecule has 112 valence electrons. The largest absolute Gasteiger partial charge is 0.370 e. The van der Waals surface area contributed by atoms with Gasteiger partial charge in [0.15, 0.2) is 0 Å². The molecule has 0 radical (unpaired) electrons. The maximum atomic E-state index is 6.44. The van der Waals surface area contributed by atoms with Gasteiger partial charge in [-0.15, -0.1) is 0 Å². The molecule has 2 heteroatoms. The topological polar surface area (TPSA) is 12.5 Å². The summed E-state index contributed by atoms with van der Waals surface area (Å²) in [7, 11) is 0. The standard InChI is InChI=1S/C18H29NO/c1-14(2)18(16-8-6-5-7-9-16)20-17-10-12-19(13-11-17)15(3)4/h5-9,14-15,17-18H,10-13H2,1-4H3. The smallest absolute Gasteiger partial charge is 0.0851 e. The van der Waals surface area contributed by atoms with Crippen molar-refractivity contribution in [3.8, 4) is 0 Å². The Hall–Kier alpha value is -0.860. The molecule has 0 spiro atoms. The average Bonchev–Trinajstić information content (AvgIpc) is 2.46. The molecule has 1 atom stereocenters. The maximum Gasteiger partial charge on any atom is 0.0851 e. The summed E-state index contributed by atoms with van der Waals surface area (Å²) in [4.78, 5) is 2.55. The molecule has 0 saturated carbocycles. The number of hydrogen-bond acceptors (Lipinski definition) is 2. The third kappa shape index (κ3) is 4.07. The first-order valence-corrected chi connectivity index (χ1v) is 8.02. The summed E-state index contributed by atoms with van der Waals surface area (Å²) in [6.07, 6.45) is 2.96. The molecule has 1 aliphatic heterocycles. The highest BCUT2D eigenvalue weighted by molar-refractivity contribution is 5.18. The van der Waals surface area contributed by atoms with E-state index in [0.717, 1.165) is 12.8 Å². The van der Waals surface area contributed by atoms with E-state index in [0.29, 0.717) is 18.1 Å². The SMILES string of the molecule is CC(C)C(OC1CCN(C(C)C)CC1)c1ccccc1. The summed E-state index contributed by atoms with van der Waals surface area (Å²) in [6, 6.07) is 11.3. The number of rotatable bonds is 5. The van der Waals surface area contributed by atoms with Crippen LogP contribution in [0.5, 0.6) is 0 Å². The van der Waals surface area contributed by atoms with E-state index in [2.05, 4.69) is 62.9 Å². The predicted octanol–water partition coefficient (Wildman–Crippen LogP) is 4.27. The van der Waals surface area contributed by atoms with Gasteiger partial charge in [0.05, 0.1) is 12.2 Å². The predicted molar refractivity (Wildman–Crippen MR) is 84.8 cm³/mol. The fourth-order valence-corrected chi connectivity index (χ4v) is 3.00. The molecule has 1 heterocycles. The lowest BCUT2D eigenvalue weighted by molar-refractivity contribution is -0.0659. The minimum atomic E-state index is 0.229. The van der Waals surface area contributed by atoms with Gasteiger partial charge in [-0.1, -0.05) is 44.2 Å². The van der Waals surface area contributed by atoms with Crippen molar-refractivity contribution >= 4 is 0 Å². The molecule has 1 unspecified atom stereocenters. The van der Waals surface area contributed by atoms with Crippen molar-refractivity contribution < 1.29 is 4.74 Å². The highest BCUT2D eigenvalue weighted by Gasteiger charge is 2.26. The van der Waals surface area contributed by atoms with E-state index in [1.165, 1.54) is 18.7 Å². The van der Waals surface area contributed by atoms with Crippen LogP contribution < -0.4 is 0 Å². The first-order chi connectivity index (χ1) is 9.58. The molecule has 0 amide bonds. The highest BCUT2D eigenvalue weighted by atomic mass is 16.5. The number of piperidine rings is 1. The zero-order valence-corrected chi connectivity index (χ0v) is 13.4. The molecule has 0 bridgehead atoms. The first kappa shape index (κ1) is 15.5. The van der Waals surface area contributed by atoms with Crippen LogP contribution in [0.3, 0.4) is 0 Å². The summed E-state index contributed by atoms with van der Waals surface area (Å²) < 4.78 is 6.44. The third-order valence-corrected chi connectivity index (χ3v) is 4.28. The Balaban J connectivity index is 1.94. The normalized spacial score (nSPS) is 19.7. The second kappa shape index (κ2) is 7.24. The fraction of sp³-hybridized carbons (Fsp3) is 0.667. The average molecular weight is 275 g/mol. The second-order valence-corrected chi connectivity index (χ2v) is 6.54. The van der Waals surface area contributed by atoms with E-state index in [9.17, 15) is 0 Å². The van der Waals surface area contributed by atoms with E-state index < -0.39 is 0 Å². The lowest BCUT2D eigenvalue weighted by Gasteiger charge is -2.36. The van der Waals surface area contributed by atoms with Gasteiger partial charge in [0.25, 0.3) is 0 Å². The molecule has 1 aromatic carbocycles. The minimum absolute atomic E-state index is 0.229. The monoisotopic (exact) mass is 275 g/mol. The Morgan fingerprint density at radius 3 is 2.10 bits per heavy atom. The zero-order chi connectivity index (χ0) is 14.5. The van der Waals surface area contributed by atoms with Crippen molar-refractivity contribution in [3.05, 3.63) is 35.9 Å². The van der Waals surface area contributed by atoms with E-state index >= 15 is 0 Å². The molecule has 1 fully saturated rings. The molecular formula is C18H29NO. The van der Waals surface area contributed by atoms with E-state index in [1.807, 2.05) is 0 Å². The van der Waals surface area contributed by atoms with Gasteiger partial charge in [-0.2, -0.15) is 0 Å². The number of ether oxygens (including phenoxy) is 1. The maximum absolute atomic E-state index is 6.44. The van der Waals surface area contributed by atoms with Crippen molar-refractivity contribution in [2.24, 2.45) is 5.92 Å². The van der Waals surface area contributed by atoms with Crippen LogP contribution in [0.25, 0.3) is 0 Å². The van der Waals surface area contributed by atoms with Crippen molar-refractivity contribution in [1.29, 1.82) is 0 Å². The van der Waals surface area contributed by atoms with Crippen LogP contribution in [0, 0.1) is 5.92 Å². The van der Waals surface area contributed by atoms with Crippen molar-refractivity contribution in [2.45, 2.75) is 58.8 Å². The molecule has 2 rings (SSSR count). The van der Waals surface area contributed by atoms with Gasteiger partial charge in [0.1, 0.15) is 0 Å². The van der Waals surface area contributed by atoms with E-state index in [4.69, 9.17) is 4.74 Å². The van der Waals surface area contributed by atoms with Crippen LogP contribution in [0.15, 0.2) is 30.3 Å². The number of likely N-dealkylation sites (tertiary alicyclic amines) is 1. The van der Waals surface area contributed by atoms with Gasteiger partial charge < -0.3 is 9.64 Å². The first-order valence-electron chi connectivity index (χ1n) is 8.02. The lowest BCUT2D eigenvalue weighted by Crippen LogP contribution is -2.41. The summed E-state index contributed by atoms with van der Waals surface area (Å²) in [5.74, 6) is 0.514. The van der Waals surface area contributed by atoms with Gasteiger partial charge in [-0.3, -0.25) is 0 Å². The minimum Gasteiger partial charge on any atom is -0.370 e. The molecule has 20 heavy (non-hydrogen) atoms. The molecule has 2 nitrogen and oxygen atoms in total. The highest BCUT2D eigenvalue weighted by Crippen LogP contribution is 2.30. The Bertz CT molecular complexity index is 380. The van der Waals surface area contributed by atoms with Crippen LogP contribution in [0.1, 0.15) is 52.2 Å². The molecule has 0 N–H and O–H groups in total. The lowest BCUT2D eigenvalue weighted by atomic mass is 9.97. The van der Waals surface area contributed by atoms with E-state index in [1.54, 1.807) is 0 Å². The van der Waals surface area contributed by atoms with E-state index in [-0.39, 0.29) is 6.10 Å². The van der Waals surface area contributed by atoms with Gasteiger partial charge in [-0.25, -0.2) is 0 Å². The van der Waals surface area contributed by atoms with Crippen LogP contribution in [0.2, 0.25) is 0 Å². The van der Waals surface area contributed by atoms with Gasteiger partial charge in [0.2, 0.25) is 0 Å². The van der Waals surface area contributed by atoms with Gasteiger partial charge >= 0.3 is 0 Å².